The van der Waals surface area contributed by atoms with Gasteiger partial charge in [-0.1, -0.05) is 19.1 Å². The maximum Gasteiger partial charge on any atom is 0.265 e. The molecule has 2 aromatic carbocycles. The molecule has 0 aromatic heterocycles. The maximum atomic E-state index is 13.2. The first-order valence-electron chi connectivity index (χ1n) is 7.66. The third kappa shape index (κ3) is 2.72. The van der Waals surface area contributed by atoms with Crippen LogP contribution in [-0.4, -0.2) is 22.1 Å². The molecular weight excluding hydrogens is 324 g/mol. The molecule has 24 heavy (non-hydrogen) atoms. The molecule has 0 saturated heterocycles. The average Bonchev–Trinajstić information content (AvgIpc) is 2.60. The summed E-state index contributed by atoms with van der Waals surface area (Å²) in [6.45, 7) is 2.41. The fraction of sp³-hybridized carbons (Fsp3) is 0.278. The predicted octanol–water partition coefficient (Wildman–Crippen LogP) is 2.95. The molecule has 0 aliphatic carbocycles. The van der Waals surface area contributed by atoms with E-state index in [1.807, 2.05) is 19.1 Å². The topological polar surface area (TPSA) is 70.4 Å². The Morgan fingerprint density at radius 2 is 2.00 bits per heavy atom. The number of benzene rings is 2. The Labute approximate surface area is 142 Å². The molecule has 0 bridgehead atoms. The summed E-state index contributed by atoms with van der Waals surface area (Å²) in [6, 6.07) is 13.7. The van der Waals surface area contributed by atoms with Crippen LogP contribution in [0.25, 0.3) is 0 Å². The highest BCUT2D eigenvalue weighted by Gasteiger charge is 2.33. The van der Waals surface area contributed by atoms with Crippen LogP contribution in [0.4, 0.5) is 5.69 Å². The van der Waals surface area contributed by atoms with Gasteiger partial charge in [-0.05, 0) is 48.2 Å². The van der Waals surface area contributed by atoms with Crippen molar-refractivity contribution >= 4 is 15.7 Å². The molecule has 1 atom stereocenters. The molecule has 1 aliphatic heterocycles. The van der Waals surface area contributed by atoms with Gasteiger partial charge in [0.15, 0.2) is 0 Å². The van der Waals surface area contributed by atoms with Crippen molar-refractivity contribution in [1.82, 2.24) is 0 Å². The molecule has 0 amide bonds. The van der Waals surface area contributed by atoms with Crippen LogP contribution in [0.5, 0.6) is 5.75 Å². The summed E-state index contributed by atoms with van der Waals surface area (Å²) in [4.78, 5) is 0.0448. The molecule has 0 radical (unpaired) electrons. The third-order valence-corrected chi connectivity index (χ3v) is 6.01. The van der Waals surface area contributed by atoms with Crippen LogP contribution in [0.3, 0.4) is 0 Å². The zero-order chi connectivity index (χ0) is 17.3. The maximum absolute atomic E-state index is 13.2. The van der Waals surface area contributed by atoms with Gasteiger partial charge < -0.3 is 4.74 Å². The molecule has 0 N–H and O–H groups in total. The summed E-state index contributed by atoms with van der Waals surface area (Å²) >= 11 is 0. The van der Waals surface area contributed by atoms with Crippen molar-refractivity contribution in [1.29, 1.82) is 5.26 Å². The van der Waals surface area contributed by atoms with Crippen molar-refractivity contribution in [2.45, 2.75) is 18.2 Å². The lowest BCUT2D eigenvalue weighted by Crippen LogP contribution is -2.39. The Kier molecular flexibility index (Phi) is 4.20. The van der Waals surface area contributed by atoms with E-state index in [1.54, 1.807) is 31.4 Å². The quantitative estimate of drug-likeness (QED) is 0.860. The molecule has 0 fully saturated rings. The van der Waals surface area contributed by atoms with Crippen molar-refractivity contribution in [3.8, 4) is 11.8 Å². The van der Waals surface area contributed by atoms with Gasteiger partial charge in [0, 0.05) is 6.54 Å². The minimum atomic E-state index is -3.80. The number of rotatable bonds is 3. The number of hydrogen-bond acceptors (Lipinski definition) is 4. The Morgan fingerprint density at radius 1 is 1.25 bits per heavy atom. The normalized spacial score (nSPS) is 17.0. The van der Waals surface area contributed by atoms with Crippen LogP contribution in [0.2, 0.25) is 0 Å². The highest BCUT2D eigenvalue weighted by Crippen LogP contribution is 2.36. The second-order valence-electron chi connectivity index (χ2n) is 5.95. The lowest BCUT2D eigenvalue weighted by molar-refractivity contribution is 0.413. The van der Waals surface area contributed by atoms with Gasteiger partial charge in [0.1, 0.15) is 16.7 Å². The van der Waals surface area contributed by atoms with Crippen LogP contribution in [0.1, 0.15) is 18.1 Å². The summed E-state index contributed by atoms with van der Waals surface area (Å²) in [5, 5.41) is 9.25. The van der Waals surface area contributed by atoms with Crippen molar-refractivity contribution in [2.24, 2.45) is 5.92 Å². The summed E-state index contributed by atoms with van der Waals surface area (Å²) in [7, 11) is -2.21. The van der Waals surface area contributed by atoms with Crippen molar-refractivity contribution in [2.75, 3.05) is 18.0 Å². The van der Waals surface area contributed by atoms with E-state index in [4.69, 9.17) is 4.74 Å². The number of methoxy groups -OCH3 is 1. The highest BCUT2D eigenvalue weighted by molar-refractivity contribution is 7.93. The van der Waals surface area contributed by atoms with Crippen molar-refractivity contribution < 1.29 is 13.2 Å². The Hall–Kier alpha value is -2.52. The van der Waals surface area contributed by atoms with Crippen LogP contribution >= 0.6 is 0 Å². The van der Waals surface area contributed by atoms with Gasteiger partial charge in [-0.3, -0.25) is 4.31 Å². The number of sulfonamides is 1. The van der Waals surface area contributed by atoms with Crippen molar-refractivity contribution in [3.05, 3.63) is 53.6 Å². The van der Waals surface area contributed by atoms with Gasteiger partial charge in [-0.2, -0.15) is 5.26 Å². The number of anilines is 1. The minimum Gasteiger partial charge on any atom is -0.497 e. The zero-order valence-electron chi connectivity index (χ0n) is 13.6. The summed E-state index contributed by atoms with van der Waals surface area (Å²) in [5.74, 6) is 0.881. The number of fused-ring (bicyclic) bond motifs is 1. The molecule has 1 unspecified atom stereocenters. The fourth-order valence-electron chi connectivity index (χ4n) is 3.05. The highest BCUT2D eigenvalue weighted by atomic mass is 32.2. The molecule has 0 spiro atoms. The lowest BCUT2D eigenvalue weighted by Gasteiger charge is -2.34. The first-order valence-corrected chi connectivity index (χ1v) is 9.10. The molecule has 3 rings (SSSR count). The van der Waals surface area contributed by atoms with Gasteiger partial charge >= 0.3 is 0 Å². The van der Waals surface area contributed by atoms with Crippen LogP contribution in [0, 0.1) is 17.2 Å². The Morgan fingerprint density at radius 3 is 2.71 bits per heavy atom. The van der Waals surface area contributed by atoms with E-state index in [1.165, 1.54) is 16.4 Å². The zero-order valence-corrected chi connectivity index (χ0v) is 14.4. The van der Waals surface area contributed by atoms with Crippen molar-refractivity contribution in [3.63, 3.8) is 0 Å². The molecule has 2 aromatic rings. The van der Waals surface area contributed by atoms with Gasteiger partial charge in [0.05, 0.1) is 18.4 Å². The van der Waals surface area contributed by atoms with E-state index >= 15 is 0 Å². The number of nitrogens with zero attached hydrogens (tertiary/aromatic N) is 2. The lowest BCUT2D eigenvalue weighted by atomic mass is 9.95. The minimum absolute atomic E-state index is 0.0448. The Balaban J connectivity index is 2.15. The molecule has 1 heterocycles. The van der Waals surface area contributed by atoms with E-state index in [2.05, 4.69) is 0 Å². The summed E-state index contributed by atoms with van der Waals surface area (Å²) < 4.78 is 33.0. The van der Waals surface area contributed by atoms with Gasteiger partial charge in [0.2, 0.25) is 0 Å². The molecule has 124 valence electrons. The SMILES string of the molecule is COc1ccc2c(c1)CC(C)CN2S(=O)(=O)c1ccccc1C#N. The molecule has 6 heteroatoms. The average molecular weight is 342 g/mol. The summed E-state index contributed by atoms with van der Waals surface area (Å²) in [6.07, 6.45) is 0.790. The van der Waals surface area contributed by atoms with Crippen LogP contribution < -0.4 is 9.04 Å². The van der Waals surface area contributed by atoms with E-state index in [-0.39, 0.29) is 16.4 Å². The largest absolute Gasteiger partial charge is 0.497 e. The van der Waals surface area contributed by atoms with Crippen LogP contribution in [0.15, 0.2) is 47.4 Å². The fourth-order valence-corrected chi connectivity index (χ4v) is 4.81. The van der Waals surface area contributed by atoms with Crippen LogP contribution in [-0.2, 0) is 16.4 Å². The Bertz CT molecular complexity index is 916. The predicted molar refractivity (Wildman–Crippen MR) is 91.6 cm³/mol. The second-order valence-corrected chi connectivity index (χ2v) is 7.78. The molecule has 0 saturated carbocycles. The van der Waals surface area contributed by atoms with Gasteiger partial charge in [-0.15, -0.1) is 0 Å². The van der Waals surface area contributed by atoms with E-state index in [9.17, 15) is 13.7 Å². The standard InChI is InChI=1S/C18H18N2O3S/c1-13-9-15-10-16(23-2)7-8-17(15)20(12-13)24(21,22)18-6-4-3-5-14(18)11-19/h3-8,10,13H,9,12H2,1-2H3. The van der Waals surface area contributed by atoms with Gasteiger partial charge in [0.25, 0.3) is 10.0 Å². The molecular formula is C18H18N2O3S. The van der Waals surface area contributed by atoms with E-state index in [0.29, 0.717) is 18.0 Å². The van der Waals surface area contributed by atoms with Gasteiger partial charge in [-0.25, -0.2) is 8.42 Å². The van der Waals surface area contributed by atoms with E-state index < -0.39 is 10.0 Å². The number of ether oxygens (including phenoxy) is 1. The number of nitriles is 1. The molecule has 5 nitrogen and oxygen atoms in total. The second kappa shape index (κ2) is 6.17. The molecule has 1 aliphatic rings. The first kappa shape index (κ1) is 16.3. The first-order chi connectivity index (χ1) is 11.5. The smallest absolute Gasteiger partial charge is 0.265 e. The summed E-state index contributed by atoms with van der Waals surface area (Å²) in [5.41, 5.74) is 1.75. The number of hydrogen-bond donors (Lipinski definition) is 0. The monoisotopic (exact) mass is 342 g/mol. The van der Waals surface area contributed by atoms with E-state index in [0.717, 1.165) is 12.0 Å². The third-order valence-electron chi connectivity index (χ3n) is 4.18.